The van der Waals surface area contributed by atoms with E-state index in [1.165, 1.54) is 5.56 Å². The van der Waals surface area contributed by atoms with Crippen LogP contribution in [0.3, 0.4) is 0 Å². The van der Waals surface area contributed by atoms with Gasteiger partial charge in [-0.3, -0.25) is 4.79 Å². The molecule has 2 amide bonds. The lowest BCUT2D eigenvalue weighted by molar-refractivity contribution is -0.116. The third-order valence-corrected chi connectivity index (χ3v) is 9.92. The summed E-state index contributed by atoms with van der Waals surface area (Å²) < 4.78 is 18.6. The Morgan fingerprint density at radius 2 is 1.69 bits per heavy atom. The zero-order chi connectivity index (χ0) is 28.7. The highest BCUT2D eigenvalue weighted by atomic mass is 16.6. The predicted octanol–water partition coefficient (Wildman–Crippen LogP) is 6.41. The molecule has 7 rings (SSSR count). The number of hydrogen-bond donors (Lipinski definition) is 0. The first-order chi connectivity index (χ1) is 20.5. The molecule has 2 aliphatic heterocycles. The first-order valence-electron chi connectivity index (χ1n) is 15.3. The van der Waals surface area contributed by atoms with Crippen molar-refractivity contribution in [3.63, 3.8) is 0 Å². The maximum Gasteiger partial charge on any atom is 0.410 e. The van der Waals surface area contributed by atoms with Crippen LogP contribution in [0.25, 0.3) is 0 Å². The second kappa shape index (κ2) is 11.0. The lowest BCUT2D eigenvalue weighted by Crippen LogP contribution is -2.62. The molecule has 42 heavy (non-hydrogen) atoms. The minimum atomic E-state index is -0.247. The van der Waals surface area contributed by atoms with Crippen LogP contribution in [0.15, 0.2) is 66.7 Å². The second-order valence-electron chi connectivity index (χ2n) is 12.1. The second-order valence-corrected chi connectivity index (χ2v) is 12.1. The fourth-order valence-electron chi connectivity index (χ4n) is 8.05. The molecule has 2 aliphatic carbocycles. The number of anilines is 1. The molecule has 1 saturated carbocycles. The van der Waals surface area contributed by atoms with E-state index < -0.39 is 0 Å². The van der Waals surface area contributed by atoms with Gasteiger partial charge in [-0.2, -0.15) is 0 Å². The summed E-state index contributed by atoms with van der Waals surface area (Å²) in [5.41, 5.74) is 5.26. The summed E-state index contributed by atoms with van der Waals surface area (Å²) in [6.07, 6.45) is 5.78. The average Bonchev–Trinajstić information content (AvgIpc) is 3.03. The van der Waals surface area contributed by atoms with Crippen molar-refractivity contribution in [3.8, 4) is 11.5 Å². The molecule has 7 heteroatoms. The Morgan fingerprint density at radius 1 is 0.952 bits per heavy atom. The number of carbonyl (C=O) groups excluding carboxylic acids is 2. The molecule has 0 unspecified atom stereocenters. The highest BCUT2D eigenvalue weighted by Gasteiger charge is 2.56. The molecule has 3 atom stereocenters. The molecular weight excluding hydrogens is 528 g/mol. The summed E-state index contributed by atoms with van der Waals surface area (Å²) in [6, 6.07) is 22.2. The normalized spacial score (nSPS) is 24.0. The first-order valence-corrected chi connectivity index (χ1v) is 15.3. The molecule has 0 N–H and O–H groups in total. The van der Waals surface area contributed by atoms with Crippen LogP contribution in [0.2, 0.25) is 0 Å². The Hall–Kier alpha value is -4.00. The van der Waals surface area contributed by atoms with Crippen LogP contribution in [0, 0.1) is 5.92 Å². The predicted molar refractivity (Wildman–Crippen MR) is 160 cm³/mol. The largest absolute Gasteiger partial charge is 0.486 e. The van der Waals surface area contributed by atoms with Gasteiger partial charge in [0.1, 0.15) is 19.8 Å². The molecule has 0 radical (unpaired) electrons. The van der Waals surface area contributed by atoms with Crippen molar-refractivity contribution in [1.29, 1.82) is 0 Å². The molecule has 2 heterocycles. The SMILES string of the molecule is CC(=O)N1CCOc2c(OCc3ccccc3)cc3c(c21)C[C@H]1[C@H]2CCCC[C@@]32CCN1C(=O)OCc1ccccc1. The Bertz CT molecular complexity index is 1480. The van der Waals surface area contributed by atoms with Crippen LogP contribution in [0.5, 0.6) is 11.5 Å². The van der Waals surface area contributed by atoms with Crippen molar-refractivity contribution in [1.82, 2.24) is 4.90 Å². The van der Waals surface area contributed by atoms with Gasteiger partial charge in [-0.1, -0.05) is 73.5 Å². The minimum absolute atomic E-state index is 0.00508. The van der Waals surface area contributed by atoms with E-state index in [9.17, 15) is 9.59 Å². The van der Waals surface area contributed by atoms with Gasteiger partial charge in [-0.25, -0.2) is 4.79 Å². The topological polar surface area (TPSA) is 68.3 Å². The van der Waals surface area contributed by atoms with Crippen LogP contribution < -0.4 is 14.4 Å². The summed E-state index contributed by atoms with van der Waals surface area (Å²) in [5.74, 6) is 1.69. The molecule has 2 fully saturated rings. The molecule has 3 aromatic carbocycles. The number of nitrogens with zero attached hydrogens (tertiary/aromatic N) is 2. The van der Waals surface area contributed by atoms with Gasteiger partial charge in [-0.15, -0.1) is 0 Å². The van der Waals surface area contributed by atoms with Crippen LogP contribution in [-0.4, -0.2) is 42.6 Å². The van der Waals surface area contributed by atoms with E-state index in [1.54, 1.807) is 6.92 Å². The van der Waals surface area contributed by atoms with E-state index in [1.807, 2.05) is 58.3 Å². The number of fused-ring (bicyclic) bond motifs is 3. The lowest BCUT2D eigenvalue weighted by atomic mass is 9.52. The van der Waals surface area contributed by atoms with Crippen LogP contribution in [0.4, 0.5) is 10.5 Å². The van der Waals surface area contributed by atoms with Crippen LogP contribution >= 0.6 is 0 Å². The van der Waals surface area contributed by atoms with Gasteiger partial charge in [0.05, 0.1) is 12.2 Å². The Balaban J connectivity index is 1.28. The lowest BCUT2D eigenvalue weighted by Gasteiger charge is -2.59. The molecule has 2 bridgehead atoms. The summed E-state index contributed by atoms with van der Waals surface area (Å²) >= 11 is 0. The van der Waals surface area contributed by atoms with Crippen molar-refractivity contribution in [2.24, 2.45) is 5.92 Å². The maximum atomic E-state index is 13.6. The van der Waals surface area contributed by atoms with E-state index in [-0.39, 0.29) is 30.1 Å². The van der Waals surface area contributed by atoms with Crippen molar-refractivity contribution >= 4 is 17.7 Å². The van der Waals surface area contributed by atoms with E-state index in [2.05, 4.69) is 18.2 Å². The highest BCUT2D eigenvalue weighted by Crippen LogP contribution is 2.60. The summed E-state index contributed by atoms with van der Waals surface area (Å²) in [4.78, 5) is 30.4. The summed E-state index contributed by atoms with van der Waals surface area (Å²) in [7, 11) is 0. The van der Waals surface area contributed by atoms with Gasteiger partial charge in [0.15, 0.2) is 11.5 Å². The first kappa shape index (κ1) is 26.9. The third kappa shape index (κ3) is 4.59. The Morgan fingerprint density at radius 3 is 2.43 bits per heavy atom. The molecular formula is C35H38N2O5. The standard InChI is InChI=1S/C35H38N2O5/c1-24(38)36-18-19-40-33-31(41-22-25-10-4-2-5-11-25)21-29-27(32(33)36)20-30-28-14-8-9-15-35(28,29)16-17-37(30)34(39)42-23-26-12-6-3-7-13-26/h2-7,10-13,21,28,30H,8-9,14-20,22-23H2,1H3/t28-,30+,35+/m1/s1. The number of benzene rings is 3. The van der Waals surface area contributed by atoms with Gasteiger partial charge in [0.25, 0.3) is 0 Å². The van der Waals surface area contributed by atoms with Gasteiger partial charge >= 0.3 is 6.09 Å². The monoisotopic (exact) mass is 566 g/mol. The zero-order valence-electron chi connectivity index (χ0n) is 24.2. The summed E-state index contributed by atoms with van der Waals surface area (Å²) in [5, 5.41) is 0. The number of piperidine rings is 1. The molecule has 7 nitrogen and oxygen atoms in total. The van der Waals surface area contributed by atoms with E-state index >= 15 is 0 Å². The van der Waals surface area contributed by atoms with Crippen molar-refractivity contribution < 1.29 is 23.8 Å². The number of amides is 2. The smallest absolute Gasteiger partial charge is 0.410 e. The summed E-state index contributed by atoms with van der Waals surface area (Å²) in [6.45, 7) is 3.90. The van der Waals surface area contributed by atoms with Crippen molar-refractivity contribution in [2.75, 3.05) is 24.6 Å². The van der Waals surface area contributed by atoms with E-state index in [4.69, 9.17) is 14.2 Å². The van der Waals surface area contributed by atoms with Gasteiger partial charge in [-0.05, 0) is 59.9 Å². The molecule has 1 saturated heterocycles. The van der Waals surface area contributed by atoms with Crippen LogP contribution in [-0.2, 0) is 34.6 Å². The number of ether oxygens (including phenoxy) is 3. The molecule has 3 aromatic rings. The van der Waals surface area contributed by atoms with Gasteiger partial charge in [0, 0.05) is 24.9 Å². The highest BCUT2D eigenvalue weighted by molar-refractivity contribution is 5.96. The number of rotatable bonds is 5. The van der Waals surface area contributed by atoms with E-state index in [0.29, 0.717) is 50.1 Å². The van der Waals surface area contributed by atoms with Crippen molar-refractivity contribution in [3.05, 3.63) is 89.0 Å². The average molecular weight is 567 g/mol. The zero-order valence-corrected chi connectivity index (χ0v) is 24.2. The quantitative estimate of drug-likeness (QED) is 0.357. The molecule has 218 valence electrons. The Kier molecular flexibility index (Phi) is 7.04. The number of likely N-dealkylation sites (tertiary alicyclic amines) is 1. The number of carbonyl (C=O) groups is 2. The van der Waals surface area contributed by atoms with Crippen LogP contribution in [0.1, 0.15) is 61.3 Å². The van der Waals surface area contributed by atoms with E-state index in [0.717, 1.165) is 54.5 Å². The molecule has 0 spiro atoms. The van der Waals surface area contributed by atoms with Crippen molar-refractivity contribution in [2.45, 2.75) is 70.1 Å². The molecule has 0 aromatic heterocycles. The molecule has 4 aliphatic rings. The fourth-order valence-corrected chi connectivity index (χ4v) is 8.05. The third-order valence-electron chi connectivity index (χ3n) is 9.92. The van der Waals surface area contributed by atoms with Gasteiger partial charge in [0.2, 0.25) is 5.91 Å². The van der Waals surface area contributed by atoms with Gasteiger partial charge < -0.3 is 24.0 Å². The minimum Gasteiger partial charge on any atom is -0.486 e. The number of hydrogen-bond acceptors (Lipinski definition) is 5. The maximum absolute atomic E-state index is 13.6. The Labute approximate surface area is 247 Å². The fraction of sp³-hybridized carbons (Fsp3) is 0.429.